The summed E-state index contributed by atoms with van der Waals surface area (Å²) in [5, 5.41) is 9.05. The lowest BCUT2D eigenvalue weighted by Crippen LogP contribution is -2.34. The number of hydrogen-bond acceptors (Lipinski definition) is 5. The van der Waals surface area contributed by atoms with Gasteiger partial charge in [-0.25, -0.2) is 4.98 Å². The van der Waals surface area contributed by atoms with Crippen LogP contribution in [0.1, 0.15) is 42.9 Å². The van der Waals surface area contributed by atoms with Gasteiger partial charge in [0.2, 0.25) is 0 Å². The molecule has 0 spiro atoms. The number of aromatic nitrogens is 4. The average molecular weight is 377 g/mol. The van der Waals surface area contributed by atoms with E-state index in [0.717, 1.165) is 49.9 Å². The predicted molar refractivity (Wildman–Crippen MR) is 109 cm³/mol. The van der Waals surface area contributed by atoms with E-state index in [0.29, 0.717) is 19.1 Å². The van der Waals surface area contributed by atoms with Crippen LogP contribution < -0.4 is 4.90 Å². The molecule has 1 saturated heterocycles. The molecular weight excluding hydrogens is 350 g/mol. The lowest BCUT2D eigenvalue weighted by Gasteiger charge is -2.32. The summed E-state index contributed by atoms with van der Waals surface area (Å²) < 4.78 is 7.89. The Morgan fingerprint density at radius 2 is 1.79 bits per heavy atom. The van der Waals surface area contributed by atoms with Crippen LogP contribution in [0.3, 0.4) is 0 Å². The highest BCUT2D eigenvalue weighted by Gasteiger charge is 2.26. The second kappa shape index (κ2) is 8.97. The van der Waals surface area contributed by atoms with Gasteiger partial charge in [-0.05, 0) is 37.5 Å². The monoisotopic (exact) mass is 377 g/mol. The summed E-state index contributed by atoms with van der Waals surface area (Å²) in [4.78, 5) is 6.84. The fraction of sp³-hybridized carbons (Fsp3) is 0.409. The van der Waals surface area contributed by atoms with E-state index in [4.69, 9.17) is 4.74 Å². The van der Waals surface area contributed by atoms with Gasteiger partial charge in [0.05, 0.1) is 6.54 Å². The van der Waals surface area contributed by atoms with Crippen molar-refractivity contribution >= 4 is 5.82 Å². The Morgan fingerprint density at radius 1 is 1.00 bits per heavy atom. The topological polar surface area (TPSA) is 56.1 Å². The Labute approximate surface area is 166 Å². The Kier molecular flexibility index (Phi) is 5.97. The zero-order chi connectivity index (χ0) is 19.2. The lowest BCUT2D eigenvalue weighted by molar-refractivity contribution is 0.125. The first-order chi connectivity index (χ1) is 13.8. The summed E-state index contributed by atoms with van der Waals surface area (Å²) in [6.45, 7) is 5.94. The van der Waals surface area contributed by atoms with Gasteiger partial charge < -0.3 is 14.2 Å². The minimum atomic E-state index is 0.409. The summed E-state index contributed by atoms with van der Waals surface area (Å²) >= 11 is 0. The number of piperidine rings is 1. The van der Waals surface area contributed by atoms with Crippen LogP contribution in [0.2, 0.25) is 0 Å². The molecule has 0 saturated carbocycles. The van der Waals surface area contributed by atoms with Crippen molar-refractivity contribution < 1.29 is 4.74 Å². The molecule has 3 heterocycles. The molecule has 1 aliphatic rings. The van der Waals surface area contributed by atoms with Crippen molar-refractivity contribution in [2.45, 2.75) is 38.8 Å². The molecule has 0 aliphatic carbocycles. The lowest BCUT2D eigenvalue weighted by atomic mass is 9.95. The number of hydrogen-bond donors (Lipinski definition) is 0. The molecule has 146 valence electrons. The molecule has 6 nitrogen and oxygen atoms in total. The van der Waals surface area contributed by atoms with E-state index < -0.39 is 0 Å². The van der Waals surface area contributed by atoms with E-state index in [9.17, 15) is 0 Å². The van der Waals surface area contributed by atoms with Gasteiger partial charge >= 0.3 is 0 Å². The van der Waals surface area contributed by atoms with E-state index in [2.05, 4.69) is 55.0 Å². The molecule has 4 rings (SSSR count). The van der Waals surface area contributed by atoms with Crippen LogP contribution in [-0.4, -0.2) is 39.4 Å². The molecule has 0 N–H and O–H groups in total. The van der Waals surface area contributed by atoms with Gasteiger partial charge in [-0.2, -0.15) is 0 Å². The van der Waals surface area contributed by atoms with Crippen LogP contribution in [0.25, 0.3) is 0 Å². The molecule has 1 aromatic carbocycles. The summed E-state index contributed by atoms with van der Waals surface area (Å²) in [7, 11) is 0. The van der Waals surface area contributed by atoms with E-state index in [1.807, 2.05) is 31.3 Å². The van der Waals surface area contributed by atoms with Crippen LogP contribution in [0.4, 0.5) is 5.82 Å². The third-order valence-electron chi connectivity index (χ3n) is 5.31. The number of ether oxygens (including phenoxy) is 1. The molecule has 28 heavy (non-hydrogen) atoms. The zero-order valence-electron chi connectivity index (χ0n) is 16.4. The van der Waals surface area contributed by atoms with E-state index in [1.165, 1.54) is 5.56 Å². The molecular formula is C22H27N5O. The van der Waals surface area contributed by atoms with Gasteiger partial charge in [0.25, 0.3) is 0 Å². The first-order valence-electron chi connectivity index (χ1n) is 10.0. The van der Waals surface area contributed by atoms with Gasteiger partial charge in [0.15, 0.2) is 5.82 Å². The summed E-state index contributed by atoms with van der Waals surface area (Å²) in [5.74, 6) is 3.46. The highest BCUT2D eigenvalue weighted by molar-refractivity contribution is 5.38. The van der Waals surface area contributed by atoms with Crippen LogP contribution in [0.15, 0.2) is 54.7 Å². The summed E-state index contributed by atoms with van der Waals surface area (Å²) in [6.07, 6.45) is 3.97. The van der Waals surface area contributed by atoms with E-state index >= 15 is 0 Å². The number of pyridine rings is 1. The molecule has 3 aromatic rings. The molecule has 2 aromatic heterocycles. The number of rotatable bonds is 7. The third kappa shape index (κ3) is 4.22. The van der Waals surface area contributed by atoms with E-state index in [-0.39, 0.29) is 0 Å². The highest BCUT2D eigenvalue weighted by Crippen LogP contribution is 2.29. The first-order valence-corrected chi connectivity index (χ1v) is 10.0. The van der Waals surface area contributed by atoms with Crippen molar-refractivity contribution in [1.29, 1.82) is 0 Å². The maximum absolute atomic E-state index is 5.63. The molecule has 0 bridgehead atoms. The molecule has 0 amide bonds. The van der Waals surface area contributed by atoms with Crippen molar-refractivity contribution in [1.82, 2.24) is 19.7 Å². The van der Waals surface area contributed by atoms with Crippen LogP contribution in [0.5, 0.6) is 0 Å². The molecule has 1 aliphatic heterocycles. The Bertz CT molecular complexity index is 857. The number of nitrogens with zero attached hydrogens (tertiary/aromatic N) is 5. The van der Waals surface area contributed by atoms with Crippen LogP contribution in [-0.2, 0) is 17.9 Å². The predicted octanol–water partition coefficient (Wildman–Crippen LogP) is 3.64. The van der Waals surface area contributed by atoms with Gasteiger partial charge in [0, 0.05) is 31.8 Å². The Balaban J connectivity index is 1.51. The zero-order valence-corrected chi connectivity index (χ0v) is 16.4. The molecule has 0 radical (unpaired) electrons. The molecule has 6 heteroatoms. The smallest absolute Gasteiger partial charge is 0.159 e. The largest absolute Gasteiger partial charge is 0.374 e. The SMILES string of the molecule is CCOCc1nnc(C2CCN(c3ccccn3)CC2)n1Cc1ccccc1. The third-order valence-corrected chi connectivity index (χ3v) is 5.31. The van der Waals surface area contributed by atoms with Crippen molar-refractivity contribution in [2.24, 2.45) is 0 Å². The van der Waals surface area contributed by atoms with Crippen molar-refractivity contribution in [3.05, 3.63) is 71.9 Å². The van der Waals surface area contributed by atoms with Gasteiger partial charge in [-0.1, -0.05) is 36.4 Å². The normalized spacial score (nSPS) is 15.1. The average Bonchev–Trinajstić information content (AvgIpc) is 3.16. The van der Waals surface area contributed by atoms with Crippen molar-refractivity contribution in [3.63, 3.8) is 0 Å². The summed E-state index contributed by atoms with van der Waals surface area (Å²) in [5.41, 5.74) is 1.26. The standard InChI is InChI=1S/C22H27N5O/c1-2-28-17-21-24-25-22(27(21)16-18-8-4-3-5-9-18)19-11-14-26(15-12-19)20-10-6-7-13-23-20/h3-10,13,19H,2,11-12,14-17H2,1H3. The highest BCUT2D eigenvalue weighted by atomic mass is 16.5. The fourth-order valence-electron chi connectivity index (χ4n) is 3.80. The molecule has 0 atom stereocenters. The Hall–Kier alpha value is -2.73. The minimum absolute atomic E-state index is 0.409. The Morgan fingerprint density at radius 3 is 2.50 bits per heavy atom. The second-order valence-corrected chi connectivity index (χ2v) is 7.13. The summed E-state index contributed by atoms with van der Waals surface area (Å²) in [6, 6.07) is 16.6. The van der Waals surface area contributed by atoms with E-state index in [1.54, 1.807) is 0 Å². The van der Waals surface area contributed by atoms with Gasteiger partial charge in [0.1, 0.15) is 18.2 Å². The maximum Gasteiger partial charge on any atom is 0.159 e. The number of anilines is 1. The van der Waals surface area contributed by atoms with Gasteiger partial charge in [-0.15, -0.1) is 10.2 Å². The number of benzene rings is 1. The first kappa shape index (κ1) is 18.6. The molecule has 1 fully saturated rings. The van der Waals surface area contributed by atoms with Crippen molar-refractivity contribution in [3.8, 4) is 0 Å². The fourth-order valence-corrected chi connectivity index (χ4v) is 3.80. The van der Waals surface area contributed by atoms with Gasteiger partial charge in [-0.3, -0.25) is 0 Å². The minimum Gasteiger partial charge on any atom is -0.374 e. The van der Waals surface area contributed by atoms with Crippen LogP contribution in [0, 0.1) is 0 Å². The maximum atomic E-state index is 5.63. The van der Waals surface area contributed by atoms with Crippen LogP contribution >= 0.6 is 0 Å². The quantitative estimate of drug-likeness (QED) is 0.629. The van der Waals surface area contributed by atoms with Crippen molar-refractivity contribution in [2.75, 3.05) is 24.6 Å². The second-order valence-electron chi connectivity index (χ2n) is 7.13. The molecule has 0 unspecified atom stereocenters.